The number of terminal acetylenes is 1. The number of rotatable bonds is 7. The molecule has 2 aromatic carbocycles. The Labute approximate surface area is 229 Å². The highest BCUT2D eigenvalue weighted by molar-refractivity contribution is 5.93. The number of nitrogens with zero attached hydrogens (tertiary/aromatic N) is 1. The van der Waals surface area contributed by atoms with Gasteiger partial charge >= 0.3 is 5.97 Å². The van der Waals surface area contributed by atoms with Crippen molar-refractivity contribution < 1.29 is 23.9 Å². The van der Waals surface area contributed by atoms with Crippen LogP contribution in [-0.2, 0) is 30.4 Å². The Kier molecular flexibility index (Phi) is 7.76. The molecule has 2 aromatic rings. The Hall–Kier alpha value is -3.63. The molecule has 7 heteroatoms. The molecule has 0 bridgehead atoms. The molecule has 2 heterocycles. The fraction of sp³-hybridized carbons (Fsp3) is 0.469. The first-order valence-corrected chi connectivity index (χ1v) is 13.8. The van der Waals surface area contributed by atoms with Gasteiger partial charge < -0.3 is 19.7 Å². The van der Waals surface area contributed by atoms with E-state index in [9.17, 15) is 14.4 Å². The Bertz CT molecular complexity index is 1330. The molecule has 4 atom stereocenters. The molecular weight excluding hydrogens is 492 g/mol. The standard InChI is InChI=1S/C32H36N2O5/c1-4-16-33-29(35)17-25-19-32(31(37)38-3)21(2)39-27(23-11-5-6-12-23)18-28(32)34(30(25)36)20-24-14-9-13-22-10-7-8-15-26(22)24/h1,7-10,13-15,18,21,23,25,27H,5-6,11-12,16-17,19-20H2,2-3H3,(H,33,35)/t21-,25+,27-,32+/m1/s1. The average molecular weight is 529 g/mol. The third kappa shape index (κ3) is 4.94. The van der Waals surface area contributed by atoms with Crippen LogP contribution >= 0.6 is 0 Å². The Morgan fingerprint density at radius 3 is 2.67 bits per heavy atom. The predicted molar refractivity (Wildman–Crippen MR) is 148 cm³/mol. The number of likely N-dealkylation sites (tertiary alicyclic amines) is 1. The fourth-order valence-corrected chi connectivity index (χ4v) is 6.76. The molecule has 2 amide bonds. The van der Waals surface area contributed by atoms with Crippen molar-refractivity contribution in [3.63, 3.8) is 0 Å². The summed E-state index contributed by atoms with van der Waals surface area (Å²) in [7, 11) is 1.37. The van der Waals surface area contributed by atoms with E-state index in [1.807, 2.05) is 55.5 Å². The largest absolute Gasteiger partial charge is 0.468 e. The highest BCUT2D eigenvalue weighted by Crippen LogP contribution is 2.52. The van der Waals surface area contributed by atoms with Crippen molar-refractivity contribution in [2.45, 2.75) is 64.2 Å². The zero-order valence-electron chi connectivity index (χ0n) is 22.7. The van der Waals surface area contributed by atoms with Crippen LogP contribution < -0.4 is 5.32 Å². The molecule has 3 aliphatic rings. The van der Waals surface area contributed by atoms with Gasteiger partial charge in [-0.25, -0.2) is 0 Å². The van der Waals surface area contributed by atoms with Crippen molar-refractivity contribution in [2.75, 3.05) is 13.7 Å². The van der Waals surface area contributed by atoms with Gasteiger partial charge in [0, 0.05) is 18.0 Å². The Morgan fingerprint density at radius 2 is 1.92 bits per heavy atom. The van der Waals surface area contributed by atoms with Crippen LogP contribution in [-0.4, -0.2) is 48.5 Å². The SMILES string of the molecule is C#CCNC(=O)C[C@H]1C[C@@]2(C(=O)OC)C(=C[C@H](C3CCCC3)O[C@@H]2C)N(Cc2cccc3ccccc23)C1=O. The molecule has 1 saturated carbocycles. The minimum absolute atomic E-state index is 0.0721. The van der Waals surface area contributed by atoms with Crippen LogP contribution in [0, 0.1) is 29.6 Å². The summed E-state index contributed by atoms with van der Waals surface area (Å²) in [4.78, 5) is 42.3. The maximum atomic E-state index is 14.2. The molecule has 5 rings (SSSR count). The van der Waals surface area contributed by atoms with Crippen LogP contribution in [0.15, 0.2) is 54.2 Å². The van der Waals surface area contributed by atoms with Gasteiger partial charge in [-0.1, -0.05) is 61.2 Å². The number of carbonyl (C=O) groups excluding carboxylic acids is 3. The summed E-state index contributed by atoms with van der Waals surface area (Å²) in [5, 5.41) is 4.78. The molecule has 2 aliphatic heterocycles. The van der Waals surface area contributed by atoms with Crippen molar-refractivity contribution in [2.24, 2.45) is 17.3 Å². The second-order valence-corrected chi connectivity index (χ2v) is 11.0. The first-order valence-electron chi connectivity index (χ1n) is 13.8. The van der Waals surface area contributed by atoms with Crippen molar-refractivity contribution in [1.82, 2.24) is 10.2 Å². The molecule has 0 radical (unpaired) electrons. The van der Waals surface area contributed by atoms with E-state index in [2.05, 4.69) is 11.2 Å². The molecule has 204 valence electrons. The highest BCUT2D eigenvalue weighted by atomic mass is 16.5. The van der Waals surface area contributed by atoms with Crippen molar-refractivity contribution in [3.8, 4) is 12.3 Å². The monoisotopic (exact) mass is 528 g/mol. The summed E-state index contributed by atoms with van der Waals surface area (Å²) in [6, 6.07) is 14.1. The quantitative estimate of drug-likeness (QED) is 0.427. The smallest absolute Gasteiger partial charge is 0.320 e. The van der Waals surface area contributed by atoms with Crippen LogP contribution in [0.25, 0.3) is 10.8 Å². The van der Waals surface area contributed by atoms with Crippen LogP contribution in [0.2, 0.25) is 0 Å². The lowest BCUT2D eigenvalue weighted by molar-refractivity contribution is -0.178. The Morgan fingerprint density at radius 1 is 1.18 bits per heavy atom. The van der Waals surface area contributed by atoms with Crippen LogP contribution in [0.5, 0.6) is 0 Å². The Balaban J connectivity index is 1.61. The number of amides is 2. The molecule has 1 N–H and O–H groups in total. The van der Waals surface area contributed by atoms with Gasteiger partial charge in [-0.05, 0) is 54.5 Å². The van der Waals surface area contributed by atoms with Crippen LogP contribution in [0.4, 0.5) is 0 Å². The van der Waals surface area contributed by atoms with Gasteiger partial charge in [-0.15, -0.1) is 6.42 Å². The first kappa shape index (κ1) is 27.0. The van der Waals surface area contributed by atoms with E-state index in [1.54, 1.807) is 4.90 Å². The molecular formula is C32H36N2O5. The molecule has 1 saturated heterocycles. The first-order chi connectivity index (χ1) is 18.9. The highest BCUT2D eigenvalue weighted by Gasteiger charge is 2.60. The van der Waals surface area contributed by atoms with Crippen molar-refractivity contribution in [3.05, 3.63) is 59.8 Å². The predicted octanol–water partition coefficient (Wildman–Crippen LogP) is 4.35. The number of esters is 1. The number of methoxy groups -OCH3 is 1. The number of hydrogen-bond donors (Lipinski definition) is 1. The van der Waals surface area contributed by atoms with Gasteiger partial charge in [-0.3, -0.25) is 14.4 Å². The lowest BCUT2D eigenvalue weighted by atomic mass is 9.66. The van der Waals surface area contributed by atoms with Gasteiger partial charge in [0.15, 0.2) is 0 Å². The average Bonchev–Trinajstić information content (AvgIpc) is 3.49. The maximum Gasteiger partial charge on any atom is 0.320 e. The van der Waals surface area contributed by atoms with Gasteiger partial charge in [0.25, 0.3) is 0 Å². The van der Waals surface area contributed by atoms with E-state index in [-0.39, 0.29) is 43.8 Å². The van der Waals surface area contributed by atoms with E-state index < -0.39 is 23.4 Å². The number of piperidine rings is 1. The summed E-state index contributed by atoms with van der Waals surface area (Å²) in [5.41, 5.74) is 0.401. The topological polar surface area (TPSA) is 84.9 Å². The van der Waals surface area contributed by atoms with Gasteiger partial charge in [0.05, 0.1) is 32.4 Å². The van der Waals surface area contributed by atoms with Crippen LogP contribution in [0.3, 0.4) is 0 Å². The van der Waals surface area contributed by atoms with E-state index >= 15 is 0 Å². The van der Waals surface area contributed by atoms with E-state index in [4.69, 9.17) is 15.9 Å². The normalized spacial score (nSPS) is 27.0. The number of benzene rings is 2. The molecule has 39 heavy (non-hydrogen) atoms. The number of fused-ring (bicyclic) bond motifs is 2. The molecule has 0 spiro atoms. The molecule has 0 unspecified atom stereocenters. The lowest BCUT2D eigenvalue weighted by Gasteiger charge is -2.52. The second kappa shape index (κ2) is 11.2. The summed E-state index contributed by atoms with van der Waals surface area (Å²) in [6.45, 7) is 2.25. The maximum absolute atomic E-state index is 14.2. The molecule has 2 fully saturated rings. The van der Waals surface area contributed by atoms with Crippen molar-refractivity contribution in [1.29, 1.82) is 0 Å². The number of carbonyl (C=O) groups is 3. The number of nitrogens with one attached hydrogen (secondary N) is 1. The zero-order chi connectivity index (χ0) is 27.6. The molecule has 7 nitrogen and oxygen atoms in total. The number of ether oxygens (including phenoxy) is 2. The molecule has 0 aromatic heterocycles. The van der Waals surface area contributed by atoms with Gasteiger partial charge in [-0.2, -0.15) is 0 Å². The number of hydrogen-bond acceptors (Lipinski definition) is 5. The van der Waals surface area contributed by atoms with E-state index in [0.717, 1.165) is 42.0 Å². The third-order valence-electron chi connectivity index (χ3n) is 8.75. The minimum atomic E-state index is -1.21. The lowest BCUT2D eigenvalue weighted by Crippen LogP contribution is -2.60. The van der Waals surface area contributed by atoms with Gasteiger partial charge in [0.1, 0.15) is 5.41 Å². The summed E-state index contributed by atoms with van der Waals surface area (Å²) in [5.74, 6) is 1.06. The fourth-order valence-electron chi connectivity index (χ4n) is 6.76. The summed E-state index contributed by atoms with van der Waals surface area (Å²) < 4.78 is 11.9. The molecule has 1 aliphatic carbocycles. The summed E-state index contributed by atoms with van der Waals surface area (Å²) >= 11 is 0. The second-order valence-electron chi connectivity index (χ2n) is 11.0. The van der Waals surface area contributed by atoms with Crippen LogP contribution in [0.1, 0.15) is 51.0 Å². The zero-order valence-corrected chi connectivity index (χ0v) is 22.7. The van der Waals surface area contributed by atoms with Gasteiger partial charge in [0.2, 0.25) is 11.8 Å². The van der Waals surface area contributed by atoms with E-state index in [1.165, 1.54) is 7.11 Å². The minimum Gasteiger partial charge on any atom is -0.468 e. The van der Waals surface area contributed by atoms with E-state index in [0.29, 0.717) is 11.6 Å². The van der Waals surface area contributed by atoms with Crippen molar-refractivity contribution >= 4 is 28.6 Å². The third-order valence-corrected chi connectivity index (χ3v) is 8.75. The summed E-state index contributed by atoms with van der Waals surface area (Å²) in [6.07, 6.45) is 11.1.